The van der Waals surface area contributed by atoms with Gasteiger partial charge in [-0.1, -0.05) is 55.8 Å². The zero-order valence-corrected chi connectivity index (χ0v) is 19.6. The molecule has 2 nitrogen and oxygen atoms in total. The van der Waals surface area contributed by atoms with Gasteiger partial charge < -0.3 is 4.98 Å². The maximum absolute atomic E-state index is 4.61. The van der Waals surface area contributed by atoms with E-state index in [0.717, 1.165) is 11.9 Å². The number of aromatic nitrogens is 2. The predicted octanol–water partition coefficient (Wildman–Crippen LogP) is 8.09. The van der Waals surface area contributed by atoms with Crippen molar-refractivity contribution < 1.29 is 0 Å². The first kappa shape index (κ1) is 21.5. The lowest BCUT2D eigenvalue weighted by Gasteiger charge is -2.01. The molecule has 4 heteroatoms. The molecular weight excluding hydrogens is 487 g/mol. The highest BCUT2D eigenvalue weighted by molar-refractivity contribution is 14.0. The summed E-state index contributed by atoms with van der Waals surface area (Å²) in [4.78, 5) is 9.17. The Hall–Kier alpha value is -2.18. The third-order valence-corrected chi connectivity index (χ3v) is 5.73. The molecule has 0 saturated carbocycles. The highest BCUT2D eigenvalue weighted by Crippen LogP contribution is 2.31. The van der Waals surface area contributed by atoms with Crippen LogP contribution in [0.5, 0.6) is 0 Å². The largest absolute Gasteiger partial charge is 0.361 e. The van der Waals surface area contributed by atoms with E-state index >= 15 is 0 Å². The van der Waals surface area contributed by atoms with Crippen LogP contribution in [0.1, 0.15) is 25.5 Å². The molecular formula is C25H25IN2S. The smallest absolute Gasteiger partial charge is 0.0705 e. The van der Waals surface area contributed by atoms with Crippen molar-refractivity contribution in [1.82, 2.24) is 9.97 Å². The second kappa shape index (κ2) is 10.6. The molecule has 0 bridgehead atoms. The van der Waals surface area contributed by atoms with Crippen LogP contribution in [-0.4, -0.2) is 9.97 Å². The first-order chi connectivity index (χ1) is 13.8. The average molecular weight is 512 g/mol. The van der Waals surface area contributed by atoms with E-state index in [2.05, 4.69) is 89.0 Å². The number of thiophene rings is 1. The topological polar surface area (TPSA) is 28.7 Å². The van der Waals surface area contributed by atoms with Gasteiger partial charge in [0, 0.05) is 38.6 Å². The van der Waals surface area contributed by atoms with Gasteiger partial charge in [0.1, 0.15) is 0 Å². The van der Waals surface area contributed by atoms with Crippen LogP contribution in [0.3, 0.4) is 0 Å². The molecule has 0 spiro atoms. The zero-order valence-electron chi connectivity index (χ0n) is 16.5. The van der Waals surface area contributed by atoms with Crippen LogP contribution in [0.2, 0.25) is 0 Å². The number of aromatic amines is 1. The van der Waals surface area contributed by atoms with E-state index in [1.165, 1.54) is 45.3 Å². The Kier molecular flexibility index (Phi) is 7.83. The minimum atomic E-state index is 0. The Morgan fingerprint density at radius 2 is 1.79 bits per heavy atom. The molecule has 0 aliphatic rings. The number of aryl methyl sites for hydroxylation is 1. The summed E-state index contributed by atoms with van der Waals surface area (Å²) in [6.07, 6.45) is 5.54. The SMILES string of the molecule is CCCCc1ccc2ccccc2n1.I.c1csc(-c2cccc3[nH]ccc23)c1. The van der Waals surface area contributed by atoms with E-state index in [1.807, 2.05) is 12.3 Å². The van der Waals surface area contributed by atoms with Crippen LogP contribution < -0.4 is 0 Å². The second-order valence-electron chi connectivity index (χ2n) is 6.82. The highest BCUT2D eigenvalue weighted by Gasteiger charge is 2.03. The Balaban J connectivity index is 0.000000160. The number of pyridine rings is 1. The number of H-pyrrole nitrogens is 1. The lowest BCUT2D eigenvalue weighted by molar-refractivity contribution is 0.780. The number of benzene rings is 2. The molecule has 5 aromatic rings. The molecule has 0 amide bonds. The third kappa shape index (κ3) is 5.25. The number of nitrogens with one attached hydrogen (secondary N) is 1. The van der Waals surface area contributed by atoms with Gasteiger partial charge in [-0.2, -0.15) is 0 Å². The predicted molar refractivity (Wildman–Crippen MR) is 137 cm³/mol. The minimum absolute atomic E-state index is 0. The number of hydrogen-bond donors (Lipinski definition) is 1. The van der Waals surface area contributed by atoms with E-state index in [1.54, 1.807) is 11.3 Å². The van der Waals surface area contributed by atoms with Crippen molar-refractivity contribution in [2.45, 2.75) is 26.2 Å². The van der Waals surface area contributed by atoms with Gasteiger partial charge in [-0.15, -0.1) is 35.3 Å². The van der Waals surface area contributed by atoms with Crippen molar-refractivity contribution >= 4 is 57.1 Å². The first-order valence-corrected chi connectivity index (χ1v) is 10.7. The second-order valence-corrected chi connectivity index (χ2v) is 7.77. The molecule has 148 valence electrons. The molecule has 5 rings (SSSR count). The summed E-state index contributed by atoms with van der Waals surface area (Å²) in [7, 11) is 0. The van der Waals surface area contributed by atoms with Crippen molar-refractivity contribution in [3.05, 3.63) is 90.1 Å². The molecule has 0 aliphatic heterocycles. The summed E-state index contributed by atoms with van der Waals surface area (Å²) in [5, 5.41) is 4.64. The number of nitrogens with zero attached hydrogens (tertiary/aromatic N) is 1. The van der Waals surface area contributed by atoms with Gasteiger partial charge in [0.05, 0.1) is 5.52 Å². The van der Waals surface area contributed by atoms with E-state index < -0.39 is 0 Å². The molecule has 0 radical (unpaired) electrons. The number of rotatable bonds is 4. The number of unbranched alkanes of at least 4 members (excludes halogenated alkanes) is 1. The maximum Gasteiger partial charge on any atom is 0.0705 e. The fourth-order valence-electron chi connectivity index (χ4n) is 3.34. The lowest BCUT2D eigenvalue weighted by Crippen LogP contribution is -1.89. The standard InChI is InChI=1S/C13H15N.C12H9NS.HI/c1-2-3-7-12-10-9-11-6-4-5-8-13(11)14-12;1-3-10(12-5-2-8-14-12)9-6-7-13-11(9)4-1;/h4-6,8-10H,2-3,7H2,1H3;1-8,13H;1H. The molecule has 3 aromatic heterocycles. The molecule has 29 heavy (non-hydrogen) atoms. The van der Waals surface area contributed by atoms with Gasteiger partial charge in [0.15, 0.2) is 0 Å². The van der Waals surface area contributed by atoms with Crippen molar-refractivity contribution in [3.8, 4) is 10.4 Å². The Morgan fingerprint density at radius 1 is 0.897 bits per heavy atom. The van der Waals surface area contributed by atoms with Gasteiger partial charge in [-0.25, -0.2) is 0 Å². The molecule has 2 aromatic carbocycles. The monoisotopic (exact) mass is 512 g/mol. The molecule has 3 heterocycles. The van der Waals surface area contributed by atoms with Crippen LogP contribution in [0.25, 0.3) is 32.2 Å². The van der Waals surface area contributed by atoms with Crippen LogP contribution in [0.15, 0.2) is 84.4 Å². The fraction of sp³-hybridized carbons (Fsp3) is 0.160. The van der Waals surface area contributed by atoms with Gasteiger partial charge in [-0.3, -0.25) is 4.98 Å². The highest BCUT2D eigenvalue weighted by atomic mass is 127. The molecule has 0 saturated heterocycles. The molecule has 0 unspecified atom stereocenters. The normalized spacial score (nSPS) is 10.4. The Labute approximate surface area is 193 Å². The maximum atomic E-state index is 4.61. The summed E-state index contributed by atoms with van der Waals surface area (Å²) in [5.41, 5.74) is 4.85. The van der Waals surface area contributed by atoms with Crippen molar-refractivity contribution in [3.63, 3.8) is 0 Å². The number of halogens is 1. The summed E-state index contributed by atoms with van der Waals surface area (Å²) < 4.78 is 0. The van der Waals surface area contributed by atoms with Crippen LogP contribution in [-0.2, 0) is 6.42 Å². The average Bonchev–Trinajstić information content (AvgIpc) is 3.44. The Morgan fingerprint density at radius 3 is 2.62 bits per heavy atom. The van der Waals surface area contributed by atoms with E-state index in [-0.39, 0.29) is 24.0 Å². The zero-order chi connectivity index (χ0) is 19.2. The van der Waals surface area contributed by atoms with Gasteiger partial charge in [0.25, 0.3) is 0 Å². The van der Waals surface area contributed by atoms with Gasteiger partial charge in [0.2, 0.25) is 0 Å². The molecule has 0 fully saturated rings. The van der Waals surface area contributed by atoms with Crippen molar-refractivity contribution in [2.24, 2.45) is 0 Å². The minimum Gasteiger partial charge on any atom is -0.361 e. The van der Waals surface area contributed by atoms with Crippen LogP contribution in [0, 0.1) is 0 Å². The summed E-state index contributed by atoms with van der Waals surface area (Å²) in [6, 6.07) is 25.3. The van der Waals surface area contributed by atoms with Crippen molar-refractivity contribution in [1.29, 1.82) is 0 Å². The van der Waals surface area contributed by atoms with Gasteiger partial charge >= 0.3 is 0 Å². The summed E-state index contributed by atoms with van der Waals surface area (Å²) >= 11 is 1.78. The van der Waals surface area contributed by atoms with E-state index in [9.17, 15) is 0 Å². The number of fused-ring (bicyclic) bond motifs is 2. The summed E-state index contributed by atoms with van der Waals surface area (Å²) in [5.74, 6) is 0. The lowest BCUT2D eigenvalue weighted by atomic mass is 10.1. The van der Waals surface area contributed by atoms with Crippen LogP contribution in [0.4, 0.5) is 0 Å². The van der Waals surface area contributed by atoms with Crippen LogP contribution >= 0.6 is 35.3 Å². The Bertz CT molecular complexity index is 1160. The van der Waals surface area contributed by atoms with E-state index in [0.29, 0.717) is 0 Å². The van der Waals surface area contributed by atoms with Crippen molar-refractivity contribution in [2.75, 3.05) is 0 Å². The fourth-order valence-corrected chi connectivity index (χ4v) is 4.10. The summed E-state index contributed by atoms with van der Waals surface area (Å²) in [6.45, 7) is 2.21. The third-order valence-electron chi connectivity index (χ3n) is 4.82. The molecule has 0 aliphatic carbocycles. The number of para-hydroxylation sites is 1. The molecule has 1 N–H and O–H groups in total. The first-order valence-electron chi connectivity index (χ1n) is 9.80. The van der Waals surface area contributed by atoms with E-state index in [4.69, 9.17) is 0 Å². The number of hydrogen-bond acceptors (Lipinski definition) is 2. The quantitative estimate of drug-likeness (QED) is 0.242. The molecule has 0 atom stereocenters. The van der Waals surface area contributed by atoms with Gasteiger partial charge in [-0.05, 0) is 48.6 Å².